The Balaban J connectivity index is 1.86. The van der Waals surface area contributed by atoms with Crippen LogP contribution in [0.25, 0.3) is 0 Å². The number of rotatable bonds is 3. The Bertz CT molecular complexity index is 889. The van der Waals surface area contributed by atoms with Crippen molar-refractivity contribution in [1.29, 1.82) is 0 Å². The molecule has 24 heavy (non-hydrogen) atoms. The molecule has 0 fully saturated rings. The summed E-state index contributed by atoms with van der Waals surface area (Å²) in [6.45, 7) is 3.86. The van der Waals surface area contributed by atoms with Gasteiger partial charge in [-0.25, -0.2) is 8.42 Å². The Morgan fingerprint density at radius 1 is 1.17 bits per heavy atom. The van der Waals surface area contributed by atoms with Crippen LogP contribution < -0.4 is 9.62 Å². The average Bonchev–Trinajstić information content (AvgIpc) is 2.84. The number of hydrogen-bond acceptors (Lipinski definition) is 3. The molecule has 0 spiro atoms. The predicted molar refractivity (Wildman–Crippen MR) is 96.1 cm³/mol. The number of carbonyl (C=O) groups is 1. The first-order valence-electron chi connectivity index (χ1n) is 7.76. The predicted octanol–water partition coefficient (Wildman–Crippen LogP) is 2.96. The van der Waals surface area contributed by atoms with Gasteiger partial charge in [0, 0.05) is 17.3 Å². The molecule has 1 aliphatic heterocycles. The van der Waals surface area contributed by atoms with E-state index in [-0.39, 0.29) is 11.9 Å². The third kappa shape index (κ3) is 3.14. The number of anilines is 2. The maximum absolute atomic E-state index is 12.4. The van der Waals surface area contributed by atoms with Gasteiger partial charge in [-0.15, -0.1) is 0 Å². The highest BCUT2D eigenvalue weighted by Gasteiger charge is 2.32. The van der Waals surface area contributed by atoms with E-state index in [4.69, 9.17) is 0 Å². The van der Waals surface area contributed by atoms with Crippen molar-refractivity contribution in [2.24, 2.45) is 0 Å². The van der Waals surface area contributed by atoms with Crippen LogP contribution in [0.2, 0.25) is 0 Å². The number of hydrogen-bond donors (Lipinski definition) is 1. The van der Waals surface area contributed by atoms with Crippen molar-refractivity contribution >= 4 is 27.3 Å². The zero-order valence-corrected chi connectivity index (χ0v) is 14.7. The fourth-order valence-electron chi connectivity index (χ4n) is 3.09. The van der Waals surface area contributed by atoms with E-state index in [1.807, 2.05) is 38.1 Å². The standard InChI is InChI=1S/C18H20N2O3S/c1-12-4-7-16(8-5-12)19-18(21)14-6-9-17-15(11-14)10-13(2)20(17)24(3,22)23/h4-9,11,13H,10H2,1-3H3,(H,19,21)/t13-/m0/s1. The number of sulfonamides is 1. The summed E-state index contributed by atoms with van der Waals surface area (Å²) in [5.74, 6) is -0.202. The van der Waals surface area contributed by atoms with E-state index in [0.717, 1.165) is 16.8 Å². The first kappa shape index (κ1) is 16.5. The lowest BCUT2D eigenvalue weighted by Crippen LogP contribution is -2.34. The van der Waals surface area contributed by atoms with Crippen LogP contribution in [0.5, 0.6) is 0 Å². The maximum Gasteiger partial charge on any atom is 0.255 e. The molecule has 126 valence electrons. The molecule has 5 nitrogen and oxygen atoms in total. The number of aryl methyl sites for hydroxylation is 1. The largest absolute Gasteiger partial charge is 0.322 e. The molecular formula is C18H20N2O3S. The molecule has 0 bridgehead atoms. The third-order valence-corrected chi connectivity index (χ3v) is 5.43. The number of nitrogens with zero attached hydrogens (tertiary/aromatic N) is 1. The van der Waals surface area contributed by atoms with Gasteiger partial charge in [0.25, 0.3) is 5.91 Å². The van der Waals surface area contributed by atoms with Crippen molar-refractivity contribution in [2.75, 3.05) is 15.9 Å². The summed E-state index contributed by atoms with van der Waals surface area (Å²) in [7, 11) is -3.32. The Kier molecular flexibility index (Phi) is 4.09. The smallest absolute Gasteiger partial charge is 0.255 e. The molecule has 1 aliphatic rings. The van der Waals surface area contributed by atoms with Gasteiger partial charge in [0.05, 0.1) is 11.9 Å². The lowest BCUT2D eigenvalue weighted by atomic mass is 10.1. The van der Waals surface area contributed by atoms with Crippen molar-refractivity contribution in [3.05, 3.63) is 59.2 Å². The number of carbonyl (C=O) groups excluding carboxylic acids is 1. The first-order chi connectivity index (χ1) is 11.3. The molecular weight excluding hydrogens is 324 g/mol. The highest BCUT2D eigenvalue weighted by atomic mass is 32.2. The molecule has 1 heterocycles. The summed E-state index contributed by atoms with van der Waals surface area (Å²) >= 11 is 0. The topological polar surface area (TPSA) is 66.5 Å². The molecule has 0 aliphatic carbocycles. The van der Waals surface area contributed by atoms with Crippen molar-refractivity contribution in [1.82, 2.24) is 0 Å². The van der Waals surface area contributed by atoms with Gasteiger partial charge in [-0.3, -0.25) is 9.10 Å². The summed E-state index contributed by atoms with van der Waals surface area (Å²) in [4.78, 5) is 12.4. The Morgan fingerprint density at radius 3 is 2.46 bits per heavy atom. The monoisotopic (exact) mass is 344 g/mol. The molecule has 2 aromatic carbocycles. The van der Waals surface area contributed by atoms with Crippen LogP contribution >= 0.6 is 0 Å². The third-order valence-electron chi connectivity index (χ3n) is 4.16. The molecule has 1 amide bonds. The van der Waals surface area contributed by atoms with Crippen molar-refractivity contribution in [3.8, 4) is 0 Å². The van der Waals surface area contributed by atoms with E-state index in [1.54, 1.807) is 18.2 Å². The molecule has 0 saturated carbocycles. The van der Waals surface area contributed by atoms with Crippen LogP contribution in [0.1, 0.15) is 28.4 Å². The molecule has 0 saturated heterocycles. The summed E-state index contributed by atoms with van der Waals surface area (Å²) in [5.41, 5.74) is 3.93. The van der Waals surface area contributed by atoms with E-state index in [2.05, 4.69) is 5.32 Å². The van der Waals surface area contributed by atoms with Gasteiger partial charge in [0.2, 0.25) is 10.0 Å². The lowest BCUT2D eigenvalue weighted by molar-refractivity contribution is 0.102. The molecule has 6 heteroatoms. The summed E-state index contributed by atoms with van der Waals surface area (Å²) in [5, 5.41) is 2.86. The Labute approximate surface area is 142 Å². The van der Waals surface area contributed by atoms with E-state index in [1.165, 1.54) is 10.6 Å². The minimum absolute atomic E-state index is 0.134. The minimum Gasteiger partial charge on any atom is -0.322 e. The quantitative estimate of drug-likeness (QED) is 0.931. The minimum atomic E-state index is -3.32. The van der Waals surface area contributed by atoms with Gasteiger partial charge in [-0.05, 0) is 56.2 Å². The average molecular weight is 344 g/mol. The lowest BCUT2D eigenvalue weighted by Gasteiger charge is -2.21. The van der Waals surface area contributed by atoms with Gasteiger partial charge in [0.1, 0.15) is 0 Å². The van der Waals surface area contributed by atoms with Crippen LogP contribution in [-0.4, -0.2) is 26.6 Å². The summed E-state index contributed by atoms with van der Waals surface area (Å²) in [6.07, 6.45) is 1.81. The van der Waals surface area contributed by atoms with E-state index in [0.29, 0.717) is 17.7 Å². The van der Waals surface area contributed by atoms with Crippen LogP contribution in [0, 0.1) is 6.92 Å². The molecule has 1 atom stereocenters. The van der Waals surface area contributed by atoms with Gasteiger partial charge in [-0.2, -0.15) is 0 Å². The van der Waals surface area contributed by atoms with Crippen LogP contribution in [0.15, 0.2) is 42.5 Å². The Hall–Kier alpha value is -2.34. The van der Waals surface area contributed by atoms with Gasteiger partial charge in [0.15, 0.2) is 0 Å². The number of nitrogens with one attached hydrogen (secondary N) is 1. The fraction of sp³-hybridized carbons (Fsp3) is 0.278. The fourth-order valence-corrected chi connectivity index (χ4v) is 4.35. The number of amides is 1. The molecule has 0 unspecified atom stereocenters. The Morgan fingerprint density at radius 2 is 1.83 bits per heavy atom. The van der Waals surface area contributed by atoms with Gasteiger partial charge >= 0.3 is 0 Å². The van der Waals surface area contributed by atoms with Crippen LogP contribution in [0.4, 0.5) is 11.4 Å². The SMILES string of the molecule is Cc1ccc(NC(=O)c2ccc3c(c2)C[C@H](C)N3S(C)(=O)=O)cc1. The second-order valence-corrected chi connectivity index (χ2v) is 8.14. The van der Waals surface area contributed by atoms with Crippen LogP contribution in [-0.2, 0) is 16.4 Å². The summed E-state index contributed by atoms with van der Waals surface area (Å²) in [6, 6.07) is 12.6. The number of fused-ring (bicyclic) bond motifs is 1. The van der Waals surface area contributed by atoms with Crippen molar-refractivity contribution < 1.29 is 13.2 Å². The normalized spacial score (nSPS) is 16.8. The molecule has 0 aromatic heterocycles. The van der Waals surface area contributed by atoms with Crippen molar-refractivity contribution in [3.63, 3.8) is 0 Å². The second-order valence-electron chi connectivity index (χ2n) is 6.28. The molecule has 2 aromatic rings. The zero-order valence-electron chi connectivity index (χ0n) is 13.9. The van der Waals surface area contributed by atoms with Gasteiger partial charge < -0.3 is 5.32 Å². The van der Waals surface area contributed by atoms with E-state index >= 15 is 0 Å². The van der Waals surface area contributed by atoms with Gasteiger partial charge in [-0.1, -0.05) is 17.7 Å². The van der Waals surface area contributed by atoms with Crippen LogP contribution in [0.3, 0.4) is 0 Å². The second kappa shape index (κ2) is 5.94. The highest BCUT2D eigenvalue weighted by molar-refractivity contribution is 7.92. The molecule has 1 N–H and O–H groups in total. The highest BCUT2D eigenvalue weighted by Crippen LogP contribution is 2.34. The molecule has 0 radical (unpaired) electrons. The maximum atomic E-state index is 12.4. The van der Waals surface area contributed by atoms with E-state index in [9.17, 15) is 13.2 Å². The summed E-state index contributed by atoms with van der Waals surface area (Å²) < 4.78 is 25.3. The molecule has 3 rings (SSSR count). The van der Waals surface area contributed by atoms with E-state index < -0.39 is 10.0 Å². The zero-order chi connectivity index (χ0) is 17.5. The van der Waals surface area contributed by atoms with Crippen molar-refractivity contribution in [2.45, 2.75) is 26.3 Å². The first-order valence-corrected chi connectivity index (χ1v) is 9.61. The number of benzene rings is 2.